The number of hydrogen-bond acceptors (Lipinski definition) is 3. The van der Waals surface area contributed by atoms with Crippen LogP contribution in [0.4, 0.5) is 0 Å². The number of amides is 1. The molecule has 1 aromatic rings. The molecule has 2 N–H and O–H groups in total. The fraction of sp³-hybridized carbons (Fsp3) is 0.300. The summed E-state index contributed by atoms with van der Waals surface area (Å²) in [6, 6.07) is 3.66. The van der Waals surface area contributed by atoms with Crippen molar-refractivity contribution in [3.63, 3.8) is 0 Å². The summed E-state index contributed by atoms with van der Waals surface area (Å²) in [6.07, 6.45) is 3.22. The molecule has 1 unspecified atom stereocenters. The van der Waals surface area contributed by atoms with Crippen LogP contribution in [0.25, 0.3) is 6.08 Å². The van der Waals surface area contributed by atoms with E-state index < -0.39 is 0 Å². The third kappa shape index (κ3) is 3.72. The zero-order valence-electron chi connectivity index (χ0n) is 7.93. The van der Waals surface area contributed by atoms with Crippen LogP contribution in [0.5, 0.6) is 0 Å². The van der Waals surface area contributed by atoms with Crippen molar-refractivity contribution in [1.29, 1.82) is 0 Å². The van der Waals surface area contributed by atoms with Gasteiger partial charge >= 0.3 is 0 Å². The Kier molecular flexibility index (Phi) is 4.35. The Morgan fingerprint density at radius 1 is 1.79 bits per heavy atom. The van der Waals surface area contributed by atoms with Crippen molar-refractivity contribution in [3.05, 3.63) is 28.5 Å². The molecule has 0 fully saturated rings. The predicted molar refractivity (Wildman–Crippen MR) is 58.0 cm³/mol. The first kappa shape index (κ1) is 10.9. The minimum absolute atomic E-state index is 0.0431. The molecule has 76 valence electrons. The minimum atomic E-state index is -0.199. The van der Waals surface area contributed by atoms with Gasteiger partial charge in [-0.3, -0.25) is 4.79 Å². The van der Waals surface area contributed by atoms with Crippen molar-refractivity contribution in [2.24, 2.45) is 0 Å². The Morgan fingerprint density at radius 2 is 2.57 bits per heavy atom. The molecule has 0 bridgehead atoms. The molecule has 4 heteroatoms. The average Bonchev–Trinajstić information content (AvgIpc) is 2.67. The van der Waals surface area contributed by atoms with E-state index in [1.54, 1.807) is 24.3 Å². The van der Waals surface area contributed by atoms with Crippen LogP contribution in [0.3, 0.4) is 0 Å². The van der Waals surface area contributed by atoms with Crippen molar-refractivity contribution in [3.8, 4) is 0 Å². The predicted octanol–water partition coefficient (Wildman–Crippen LogP) is 1.26. The first-order valence-electron chi connectivity index (χ1n) is 4.35. The van der Waals surface area contributed by atoms with E-state index in [1.165, 1.54) is 6.08 Å². The first-order chi connectivity index (χ1) is 6.72. The summed E-state index contributed by atoms with van der Waals surface area (Å²) in [5.74, 6) is -0.181. The number of aliphatic hydroxyl groups is 1. The Labute approximate surface area is 87.1 Å². The van der Waals surface area contributed by atoms with E-state index >= 15 is 0 Å². The molecule has 0 radical (unpaired) electrons. The maximum Gasteiger partial charge on any atom is 0.244 e. The minimum Gasteiger partial charge on any atom is -0.394 e. The van der Waals surface area contributed by atoms with Crippen LogP contribution in [0.2, 0.25) is 0 Å². The zero-order valence-corrected chi connectivity index (χ0v) is 8.75. The van der Waals surface area contributed by atoms with Crippen LogP contribution in [-0.4, -0.2) is 23.7 Å². The second kappa shape index (κ2) is 5.57. The van der Waals surface area contributed by atoms with Gasteiger partial charge in [-0.25, -0.2) is 0 Å². The summed E-state index contributed by atoms with van der Waals surface area (Å²) in [4.78, 5) is 12.2. The van der Waals surface area contributed by atoms with E-state index in [-0.39, 0.29) is 18.6 Å². The summed E-state index contributed by atoms with van der Waals surface area (Å²) in [7, 11) is 0. The van der Waals surface area contributed by atoms with Gasteiger partial charge in [0.05, 0.1) is 6.61 Å². The number of carbonyl (C=O) groups excluding carboxylic acids is 1. The van der Waals surface area contributed by atoms with Crippen LogP contribution in [0, 0.1) is 0 Å². The monoisotopic (exact) mass is 211 g/mol. The number of carbonyl (C=O) groups is 1. The van der Waals surface area contributed by atoms with Gasteiger partial charge in [0.15, 0.2) is 0 Å². The number of aliphatic hydroxyl groups excluding tert-OH is 1. The van der Waals surface area contributed by atoms with Gasteiger partial charge in [0, 0.05) is 17.0 Å². The van der Waals surface area contributed by atoms with E-state index in [0.29, 0.717) is 0 Å². The molecule has 0 aliphatic heterocycles. The molecule has 0 saturated carbocycles. The maximum atomic E-state index is 11.2. The quantitative estimate of drug-likeness (QED) is 0.737. The molecular weight excluding hydrogens is 198 g/mol. The van der Waals surface area contributed by atoms with Crippen LogP contribution in [-0.2, 0) is 4.79 Å². The summed E-state index contributed by atoms with van der Waals surface area (Å²) < 4.78 is 0. The number of nitrogens with one attached hydrogen (secondary N) is 1. The van der Waals surface area contributed by atoms with Crippen molar-refractivity contribution in [2.75, 3.05) is 6.61 Å². The lowest BCUT2D eigenvalue weighted by atomic mass is 10.3. The standard InChI is InChI=1S/C10H13NO2S/c1-8(7-12)11-10(13)5-4-9-3-2-6-14-9/h2-6,8,12H,7H2,1H3,(H,11,13)/b5-4+. The SMILES string of the molecule is CC(CO)NC(=O)/C=C/c1cccs1. The van der Waals surface area contributed by atoms with E-state index in [0.717, 1.165) is 4.88 Å². The number of thiophene rings is 1. The van der Waals surface area contributed by atoms with Gasteiger partial charge in [-0.1, -0.05) is 6.07 Å². The molecule has 0 spiro atoms. The van der Waals surface area contributed by atoms with Crippen LogP contribution >= 0.6 is 11.3 Å². The van der Waals surface area contributed by atoms with Gasteiger partial charge in [0.25, 0.3) is 0 Å². The second-order valence-electron chi connectivity index (χ2n) is 2.94. The van der Waals surface area contributed by atoms with Crippen LogP contribution in [0.1, 0.15) is 11.8 Å². The first-order valence-corrected chi connectivity index (χ1v) is 5.23. The van der Waals surface area contributed by atoms with Crippen molar-refractivity contribution >= 4 is 23.3 Å². The highest BCUT2D eigenvalue weighted by molar-refractivity contribution is 7.10. The van der Waals surface area contributed by atoms with Crippen molar-refractivity contribution in [2.45, 2.75) is 13.0 Å². The molecule has 1 atom stereocenters. The van der Waals surface area contributed by atoms with Crippen molar-refractivity contribution in [1.82, 2.24) is 5.32 Å². The summed E-state index contributed by atoms with van der Waals surface area (Å²) in [5.41, 5.74) is 0. The van der Waals surface area contributed by atoms with Gasteiger partial charge in [-0.05, 0) is 24.4 Å². The van der Waals surface area contributed by atoms with Gasteiger partial charge < -0.3 is 10.4 Å². The molecule has 1 aromatic heterocycles. The lowest BCUT2D eigenvalue weighted by Gasteiger charge is -2.07. The molecule has 0 aromatic carbocycles. The van der Waals surface area contributed by atoms with Gasteiger partial charge in [0.2, 0.25) is 5.91 Å². The summed E-state index contributed by atoms with van der Waals surface area (Å²) in [6.45, 7) is 1.70. The third-order valence-corrected chi connectivity index (χ3v) is 2.44. The smallest absolute Gasteiger partial charge is 0.244 e. The zero-order chi connectivity index (χ0) is 10.4. The summed E-state index contributed by atoms with van der Waals surface area (Å²) >= 11 is 1.57. The Bertz CT molecular complexity index is 306. The highest BCUT2D eigenvalue weighted by atomic mass is 32.1. The molecule has 0 saturated heterocycles. The molecule has 1 amide bonds. The van der Waals surface area contributed by atoms with Crippen LogP contribution < -0.4 is 5.32 Å². The molecule has 0 aliphatic rings. The van der Waals surface area contributed by atoms with Gasteiger partial charge in [-0.2, -0.15) is 0 Å². The maximum absolute atomic E-state index is 11.2. The summed E-state index contributed by atoms with van der Waals surface area (Å²) in [5, 5.41) is 13.3. The largest absolute Gasteiger partial charge is 0.394 e. The Morgan fingerprint density at radius 3 is 3.14 bits per heavy atom. The van der Waals surface area contributed by atoms with E-state index in [2.05, 4.69) is 5.32 Å². The fourth-order valence-electron chi connectivity index (χ4n) is 0.881. The molecule has 1 heterocycles. The fourth-order valence-corrected chi connectivity index (χ4v) is 1.50. The molecular formula is C10H13NO2S. The van der Waals surface area contributed by atoms with E-state index in [1.807, 2.05) is 17.5 Å². The van der Waals surface area contributed by atoms with Crippen LogP contribution in [0.15, 0.2) is 23.6 Å². The molecule has 3 nitrogen and oxygen atoms in total. The molecule has 0 aliphatic carbocycles. The highest BCUT2D eigenvalue weighted by Crippen LogP contribution is 2.09. The van der Waals surface area contributed by atoms with E-state index in [9.17, 15) is 4.79 Å². The van der Waals surface area contributed by atoms with Gasteiger partial charge in [0.1, 0.15) is 0 Å². The van der Waals surface area contributed by atoms with E-state index in [4.69, 9.17) is 5.11 Å². The average molecular weight is 211 g/mol. The topological polar surface area (TPSA) is 49.3 Å². The molecule has 1 rings (SSSR count). The molecule has 14 heavy (non-hydrogen) atoms. The normalized spacial score (nSPS) is 13.0. The second-order valence-corrected chi connectivity index (χ2v) is 3.92. The number of rotatable bonds is 4. The van der Waals surface area contributed by atoms with Crippen molar-refractivity contribution < 1.29 is 9.90 Å². The lowest BCUT2D eigenvalue weighted by molar-refractivity contribution is -0.117. The Balaban J connectivity index is 2.41. The Hall–Kier alpha value is -1.13. The lowest BCUT2D eigenvalue weighted by Crippen LogP contribution is -2.33. The number of hydrogen-bond donors (Lipinski definition) is 2. The third-order valence-electron chi connectivity index (χ3n) is 1.60. The highest BCUT2D eigenvalue weighted by Gasteiger charge is 2.01. The van der Waals surface area contributed by atoms with Gasteiger partial charge in [-0.15, -0.1) is 11.3 Å².